The molecule has 5 heteroatoms. The third-order valence-corrected chi connectivity index (χ3v) is 4.82. The Labute approximate surface area is 164 Å². The number of nitrogens with one attached hydrogen (secondary N) is 1. The molecule has 140 valence electrons. The van der Waals surface area contributed by atoms with Gasteiger partial charge in [-0.05, 0) is 49.2 Å². The summed E-state index contributed by atoms with van der Waals surface area (Å²) in [7, 11) is 0. The molecule has 0 aliphatic heterocycles. The summed E-state index contributed by atoms with van der Waals surface area (Å²) in [6.45, 7) is 3.27. The van der Waals surface area contributed by atoms with E-state index in [0.717, 1.165) is 35.5 Å². The van der Waals surface area contributed by atoms with Gasteiger partial charge in [0.05, 0.1) is 23.3 Å². The number of aromatic nitrogens is 3. The average Bonchev–Trinajstić information content (AvgIpc) is 3.06. The van der Waals surface area contributed by atoms with Crippen molar-refractivity contribution in [3.63, 3.8) is 0 Å². The Morgan fingerprint density at radius 1 is 1.04 bits per heavy atom. The van der Waals surface area contributed by atoms with Gasteiger partial charge in [0, 0.05) is 18.3 Å². The molecule has 0 bridgehead atoms. The number of imidazole rings is 1. The lowest BCUT2D eigenvalue weighted by Crippen LogP contribution is -2.23. The van der Waals surface area contributed by atoms with Gasteiger partial charge >= 0.3 is 0 Å². The Morgan fingerprint density at radius 3 is 2.64 bits per heavy atom. The second-order valence-electron chi connectivity index (χ2n) is 6.75. The molecule has 0 radical (unpaired) electrons. The van der Waals surface area contributed by atoms with E-state index in [2.05, 4.69) is 44.1 Å². The first-order valence-electron chi connectivity index (χ1n) is 9.39. The first-order chi connectivity index (χ1) is 13.7. The van der Waals surface area contributed by atoms with Gasteiger partial charge in [-0.2, -0.15) is 0 Å². The zero-order valence-corrected chi connectivity index (χ0v) is 15.8. The summed E-state index contributed by atoms with van der Waals surface area (Å²) in [6.07, 6.45) is 2.66. The van der Waals surface area contributed by atoms with Gasteiger partial charge < -0.3 is 9.88 Å². The molecule has 4 rings (SSSR count). The topological polar surface area (TPSA) is 59.8 Å². The maximum absolute atomic E-state index is 12.5. The zero-order chi connectivity index (χ0) is 19.3. The molecule has 5 nitrogen and oxygen atoms in total. The third kappa shape index (κ3) is 3.93. The van der Waals surface area contributed by atoms with E-state index >= 15 is 0 Å². The number of hydrogen-bond donors (Lipinski definition) is 1. The van der Waals surface area contributed by atoms with E-state index in [0.29, 0.717) is 12.1 Å². The van der Waals surface area contributed by atoms with Gasteiger partial charge in [0.15, 0.2) is 0 Å². The molecular formula is C23H22N4O. The van der Waals surface area contributed by atoms with Crippen LogP contribution in [0.25, 0.3) is 11.0 Å². The number of nitrogens with zero attached hydrogens (tertiary/aromatic N) is 3. The van der Waals surface area contributed by atoms with E-state index in [9.17, 15) is 4.79 Å². The van der Waals surface area contributed by atoms with Crippen LogP contribution < -0.4 is 5.32 Å². The predicted molar refractivity (Wildman–Crippen MR) is 110 cm³/mol. The van der Waals surface area contributed by atoms with E-state index < -0.39 is 0 Å². The van der Waals surface area contributed by atoms with E-state index in [1.807, 2.05) is 49.4 Å². The van der Waals surface area contributed by atoms with E-state index in [4.69, 9.17) is 0 Å². The molecule has 1 amide bonds. The van der Waals surface area contributed by atoms with Gasteiger partial charge in [-0.3, -0.25) is 9.78 Å². The van der Waals surface area contributed by atoms with Crippen molar-refractivity contribution in [2.24, 2.45) is 0 Å². The highest BCUT2D eigenvalue weighted by Crippen LogP contribution is 2.19. The van der Waals surface area contributed by atoms with E-state index in [-0.39, 0.29) is 5.91 Å². The summed E-state index contributed by atoms with van der Waals surface area (Å²) in [5.74, 6) is 0.834. The Hall–Kier alpha value is -3.47. The molecule has 0 fully saturated rings. The van der Waals surface area contributed by atoms with E-state index in [1.165, 1.54) is 5.56 Å². The molecule has 2 aromatic heterocycles. The van der Waals surface area contributed by atoms with Crippen LogP contribution in [0.2, 0.25) is 0 Å². The number of amides is 1. The second-order valence-corrected chi connectivity index (χ2v) is 6.75. The fourth-order valence-corrected chi connectivity index (χ4v) is 3.33. The minimum atomic E-state index is -0.121. The van der Waals surface area contributed by atoms with Gasteiger partial charge in [-0.25, -0.2) is 4.98 Å². The molecule has 28 heavy (non-hydrogen) atoms. The minimum Gasteiger partial charge on any atom is -0.346 e. The molecule has 4 aromatic rings. The Balaban J connectivity index is 1.49. The lowest BCUT2D eigenvalue weighted by molar-refractivity contribution is 0.0950. The van der Waals surface area contributed by atoms with E-state index in [1.54, 1.807) is 6.20 Å². The Morgan fingerprint density at radius 2 is 1.86 bits per heavy atom. The zero-order valence-electron chi connectivity index (χ0n) is 15.8. The van der Waals surface area contributed by atoms with Crippen LogP contribution in [-0.4, -0.2) is 20.4 Å². The monoisotopic (exact) mass is 370 g/mol. The van der Waals surface area contributed by atoms with Gasteiger partial charge in [0.2, 0.25) is 0 Å². The number of carbonyl (C=O) groups excluding carboxylic acids is 1. The van der Waals surface area contributed by atoms with Gasteiger partial charge in [0.25, 0.3) is 5.91 Å². The molecule has 1 N–H and O–H groups in total. The summed E-state index contributed by atoms with van der Waals surface area (Å²) >= 11 is 0. The number of aryl methyl sites for hydroxylation is 3. The van der Waals surface area contributed by atoms with Crippen LogP contribution in [0.3, 0.4) is 0 Å². The summed E-state index contributed by atoms with van der Waals surface area (Å²) in [4.78, 5) is 21.4. The number of carbonyl (C=O) groups is 1. The van der Waals surface area contributed by atoms with Crippen molar-refractivity contribution >= 4 is 16.9 Å². The number of pyridine rings is 1. The van der Waals surface area contributed by atoms with Crippen molar-refractivity contribution in [2.45, 2.75) is 26.4 Å². The minimum absolute atomic E-state index is 0.121. The predicted octanol–water partition coefficient (Wildman–Crippen LogP) is 3.91. The molecule has 0 aliphatic rings. The fourth-order valence-electron chi connectivity index (χ4n) is 3.33. The highest BCUT2D eigenvalue weighted by atomic mass is 16.1. The molecule has 0 atom stereocenters. The highest BCUT2D eigenvalue weighted by Gasteiger charge is 2.12. The van der Waals surface area contributed by atoms with Crippen LogP contribution in [0.15, 0.2) is 72.9 Å². The van der Waals surface area contributed by atoms with Gasteiger partial charge in [0.1, 0.15) is 5.82 Å². The van der Waals surface area contributed by atoms with Gasteiger partial charge in [-0.1, -0.05) is 36.4 Å². The summed E-state index contributed by atoms with van der Waals surface area (Å²) in [6, 6.07) is 21.8. The lowest BCUT2D eigenvalue weighted by Gasteiger charge is -2.08. The summed E-state index contributed by atoms with van der Waals surface area (Å²) in [5, 5.41) is 2.91. The van der Waals surface area contributed by atoms with Crippen LogP contribution in [-0.2, 0) is 19.5 Å². The molecule has 0 saturated carbocycles. The normalized spacial score (nSPS) is 10.9. The van der Waals surface area contributed by atoms with Crippen LogP contribution in [0.1, 0.15) is 27.4 Å². The van der Waals surface area contributed by atoms with Crippen molar-refractivity contribution in [3.8, 4) is 0 Å². The van der Waals surface area contributed by atoms with Gasteiger partial charge in [-0.15, -0.1) is 0 Å². The third-order valence-electron chi connectivity index (χ3n) is 4.82. The molecule has 0 spiro atoms. The van der Waals surface area contributed by atoms with Crippen LogP contribution in [0, 0.1) is 6.92 Å². The fraction of sp³-hybridized carbons (Fsp3) is 0.174. The Kier molecular flexibility index (Phi) is 5.15. The first-order valence-corrected chi connectivity index (χ1v) is 9.39. The van der Waals surface area contributed by atoms with Crippen molar-refractivity contribution < 1.29 is 4.79 Å². The van der Waals surface area contributed by atoms with Crippen LogP contribution in [0.4, 0.5) is 0 Å². The molecule has 2 aromatic carbocycles. The first kappa shape index (κ1) is 17.9. The standard InChI is InChI=1S/C23H22N4O/c1-17-26-21-15-19(23(28)25-16-20-9-5-6-13-24-20)10-11-22(21)27(17)14-12-18-7-3-2-4-8-18/h2-11,13,15H,12,14,16H2,1H3,(H,25,28). The summed E-state index contributed by atoms with van der Waals surface area (Å²) in [5.41, 5.74) is 4.63. The molecule has 0 aliphatic carbocycles. The smallest absolute Gasteiger partial charge is 0.251 e. The number of fused-ring (bicyclic) bond motifs is 1. The average molecular weight is 370 g/mol. The number of benzene rings is 2. The largest absolute Gasteiger partial charge is 0.346 e. The van der Waals surface area contributed by atoms with Crippen LogP contribution >= 0.6 is 0 Å². The number of hydrogen-bond acceptors (Lipinski definition) is 3. The number of rotatable bonds is 6. The maximum atomic E-state index is 12.5. The molecule has 0 saturated heterocycles. The summed E-state index contributed by atoms with van der Waals surface area (Å²) < 4.78 is 2.21. The van der Waals surface area contributed by atoms with Crippen molar-refractivity contribution in [3.05, 3.63) is 95.6 Å². The van der Waals surface area contributed by atoms with Crippen molar-refractivity contribution in [1.82, 2.24) is 19.9 Å². The lowest BCUT2D eigenvalue weighted by atomic mass is 10.1. The molecule has 2 heterocycles. The maximum Gasteiger partial charge on any atom is 0.251 e. The van der Waals surface area contributed by atoms with Crippen LogP contribution in [0.5, 0.6) is 0 Å². The van der Waals surface area contributed by atoms with Crippen molar-refractivity contribution in [2.75, 3.05) is 0 Å². The second kappa shape index (κ2) is 8.05. The molecule has 0 unspecified atom stereocenters. The SMILES string of the molecule is Cc1nc2cc(C(=O)NCc3ccccn3)ccc2n1CCc1ccccc1. The highest BCUT2D eigenvalue weighted by molar-refractivity contribution is 5.97. The molecular weight excluding hydrogens is 348 g/mol. The Bertz CT molecular complexity index is 1090. The van der Waals surface area contributed by atoms with Crippen molar-refractivity contribution in [1.29, 1.82) is 0 Å². The quantitative estimate of drug-likeness (QED) is 0.560.